The molecule has 4 rings (SSSR count). The molecule has 0 spiro atoms. The summed E-state index contributed by atoms with van der Waals surface area (Å²) in [6.45, 7) is 3.12. The lowest BCUT2D eigenvalue weighted by molar-refractivity contribution is 0.259. The Balaban J connectivity index is 1.54. The van der Waals surface area contributed by atoms with E-state index in [1.54, 1.807) is 6.07 Å². The predicted octanol–water partition coefficient (Wildman–Crippen LogP) is 3.35. The fraction of sp³-hybridized carbons (Fsp3) is 0.333. The van der Waals surface area contributed by atoms with Crippen molar-refractivity contribution in [1.82, 2.24) is 4.90 Å². The Bertz CT molecular complexity index is 655. The highest BCUT2D eigenvalue weighted by Gasteiger charge is 2.34. The van der Waals surface area contributed by atoms with Gasteiger partial charge in [0, 0.05) is 24.7 Å². The molecule has 2 aromatic carbocycles. The van der Waals surface area contributed by atoms with Gasteiger partial charge in [0.25, 0.3) is 0 Å². The summed E-state index contributed by atoms with van der Waals surface area (Å²) >= 11 is 0. The number of phenolic OH excluding ortho intramolecular Hbond substituents is 1. The lowest BCUT2D eigenvalue weighted by atomic mass is 9.97. The van der Waals surface area contributed by atoms with Gasteiger partial charge in [0.15, 0.2) is 0 Å². The second-order valence-corrected chi connectivity index (χ2v) is 6.02. The van der Waals surface area contributed by atoms with Crippen molar-refractivity contribution in [2.45, 2.75) is 18.4 Å². The quantitative estimate of drug-likeness (QED) is 0.885. The molecule has 0 radical (unpaired) electrons. The zero-order valence-corrected chi connectivity index (χ0v) is 12.0. The van der Waals surface area contributed by atoms with Crippen molar-refractivity contribution >= 4 is 5.69 Å². The lowest BCUT2D eigenvalue weighted by Crippen LogP contribution is -2.27. The van der Waals surface area contributed by atoms with Gasteiger partial charge in [-0.3, -0.25) is 4.90 Å². The van der Waals surface area contributed by atoms with Gasteiger partial charge in [0.05, 0.1) is 6.04 Å². The molecule has 2 atom stereocenters. The first-order valence-corrected chi connectivity index (χ1v) is 7.67. The molecule has 1 fully saturated rings. The summed E-state index contributed by atoms with van der Waals surface area (Å²) < 4.78 is 0. The summed E-state index contributed by atoms with van der Waals surface area (Å²) in [5, 5.41) is 13.6. The van der Waals surface area contributed by atoms with Gasteiger partial charge >= 0.3 is 0 Å². The molecular weight excluding hydrogens is 260 g/mol. The standard InChI is InChI=1S/C18H20N2O/c21-18-8-4-2-5-14(18)13-9-10-20(12-13)17-11-19-16-7-3-1-6-15(16)17/h1-8,13,17,19,21H,9-12H2. The molecule has 1 saturated heterocycles. The summed E-state index contributed by atoms with van der Waals surface area (Å²) in [6.07, 6.45) is 1.12. The molecule has 0 aromatic heterocycles. The minimum Gasteiger partial charge on any atom is -0.508 e. The minimum absolute atomic E-state index is 0.439. The van der Waals surface area contributed by atoms with Gasteiger partial charge in [-0.1, -0.05) is 36.4 Å². The molecule has 108 valence electrons. The van der Waals surface area contributed by atoms with Crippen LogP contribution in [0.2, 0.25) is 0 Å². The number of rotatable bonds is 2. The number of aromatic hydroxyl groups is 1. The first-order chi connectivity index (χ1) is 10.3. The summed E-state index contributed by atoms with van der Waals surface area (Å²) in [4.78, 5) is 2.55. The Kier molecular flexibility index (Phi) is 3.08. The number of nitrogens with one attached hydrogen (secondary N) is 1. The van der Waals surface area contributed by atoms with Crippen molar-refractivity contribution in [3.63, 3.8) is 0 Å². The molecule has 2 aromatic rings. The van der Waals surface area contributed by atoms with Crippen LogP contribution in [0.1, 0.15) is 29.5 Å². The molecule has 2 heterocycles. The zero-order valence-electron chi connectivity index (χ0n) is 12.0. The van der Waals surface area contributed by atoms with Gasteiger partial charge in [-0.25, -0.2) is 0 Å². The minimum atomic E-state index is 0.439. The van der Waals surface area contributed by atoms with E-state index in [2.05, 4.69) is 40.5 Å². The summed E-state index contributed by atoms with van der Waals surface area (Å²) in [5.41, 5.74) is 3.78. The van der Waals surface area contributed by atoms with Crippen LogP contribution < -0.4 is 5.32 Å². The van der Waals surface area contributed by atoms with Crippen molar-refractivity contribution in [2.24, 2.45) is 0 Å². The van der Waals surface area contributed by atoms with E-state index in [9.17, 15) is 5.11 Å². The Hall–Kier alpha value is -2.00. The van der Waals surface area contributed by atoms with Crippen LogP contribution in [0.3, 0.4) is 0 Å². The predicted molar refractivity (Wildman–Crippen MR) is 84.7 cm³/mol. The van der Waals surface area contributed by atoms with Crippen molar-refractivity contribution < 1.29 is 5.11 Å². The van der Waals surface area contributed by atoms with Crippen molar-refractivity contribution in [1.29, 1.82) is 0 Å². The van der Waals surface area contributed by atoms with Gasteiger partial charge in [-0.2, -0.15) is 0 Å². The molecule has 2 N–H and O–H groups in total. The van der Waals surface area contributed by atoms with Gasteiger partial charge in [0.1, 0.15) is 5.75 Å². The van der Waals surface area contributed by atoms with E-state index < -0.39 is 0 Å². The maximum absolute atomic E-state index is 10.0. The average Bonchev–Trinajstić information content (AvgIpc) is 3.14. The molecule has 2 unspecified atom stereocenters. The number of likely N-dealkylation sites (tertiary alicyclic amines) is 1. The Morgan fingerprint density at radius 2 is 1.76 bits per heavy atom. The molecule has 0 aliphatic carbocycles. The van der Waals surface area contributed by atoms with Crippen molar-refractivity contribution in [3.05, 3.63) is 59.7 Å². The van der Waals surface area contributed by atoms with Crippen LogP contribution in [-0.4, -0.2) is 29.6 Å². The molecular formula is C18H20N2O. The maximum atomic E-state index is 10.0. The molecule has 2 aliphatic rings. The summed E-state index contributed by atoms with van der Waals surface area (Å²) in [5.74, 6) is 0.883. The van der Waals surface area contributed by atoms with Crippen LogP contribution >= 0.6 is 0 Å². The third-order valence-corrected chi connectivity index (χ3v) is 4.84. The fourth-order valence-electron chi connectivity index (χ4n) is 3.75. The van der Waals surface area contributed by atoms with Gasteiger partial charge in [0.2, 0.25) is 0 Å². The van der Waals surface area contributed by atoms with Gasteiger partial charge in [-0.05, 0) is 36.2 Å². The number of nitrogens with zero attached hydrogens (tertiary/aromatic N) is 1. The van der Waals surface area contributed by atoms with Crippen LogP contribution in [0, 0.1) is 0 Å². The van der Waals surface area contributed by atoms with Crippen LogP contribution in [0.5, 0.6) is 5.75 Å². The first kappa shape index (κ1) is 12.7. The molecule has 0 bridgehead atoms. The number of para-hydroxylation sites is 2. The zero-order chi connectivity index (χ0) is 14.2. The number of hydrogen-bond acceptors (Lipinski definition) is 3. The largest absolute Gasteiger partial charge is 0.508 e. The van der Waals surface area contributed by atoms with Gasteiger partial charge in [-0.15, -0.1) is 0 Å². The molecule has 3 nitrogen and oxygen atoms in total. The Morgan fingerprint density at radius 3 is 2.62 bits per heavy atom. The highest BCUT2D eigenvalue weighted by atomic mass is 16.3. The molecule has 0 amide bonds. The number of anilines is 1. The van der Waals surface area contributed by atoms with Crippen LogP contribution in [0.15, 0.2) is 48.5 Å². The van der Waals surface area contributed by atoms with E-state index in [0.717, 1.165) is 31.6 Å². The highest BCUT2D eigenvalue weighted by molar-refractivity contribution is 5.57. The van der Waals surface area contributed by atoms with E-state index in [-0.39, 0.29) is 0 Å². The first-order valence-electron chi connectivity index (χ1n) is 7.67. The smallest absolute Gasteiger partial charge is 0.119 e. The topological polar surface area (TPSA) is 35.5 Å². The average molecular weight is 280 g/mol. The SMILES string of the molecule is Oc1ccccc1C1CCN(C2CNc3ccccc32)C1. The van der Waals surface area contributed by atoms with E-state index >= 15 is 0 Å². The van der Waals surface area contributed by atoms with E-state index in [0.29, 0.717) is 17.7 Å². The van der Waals surface area contributed by atoms with Crippen LogP contribution in [0.25, 0.3) is 0 Å². The fourth-order valence-corrected chi connectivity index (χ4v) is 3.75. The third kappa shape index (κ3) is 2.18. The molecule has 2 aliphatic heterocycles. The normalized spacial score (nSPS) is 24.8. The Morgan fingerprint density at radius 1 is 1.00 bits per heavy atom. The van der Waals surface area contributed by atoms with Crippen LogP contribution in [-0.2, 0) is 0 Å². The summed E-state index contributed by atoms with van der Waals surface area (Å²) in [7, 11) is 0. The van der Waals surface area contributed by atoms with Crippen LogP contribution in [0.4, 0.5) is 5.69 Å². The van der Waals surface area contributed by atoms with Gasteiger partial charge < -0.3 is 10.4 Å². The second-order valence-electron chi connectivity index (χ2n) is 6.02. The number of benzene rings is 2. The number of hydrogen-bond donors (Lipinski definition) is 2. The van der Waals surface area contributed by atoms with E-state index in [4.69, 9.17) is 0 Å². The molecule has 3 heteroatoms. The molecule has 0 saturated carbocycles. The van der Waals surface area contributed by atoms with Crippen molar-refractivity contribution in [2.75, 3.05) is 25.0 Å². The van der Waals surface area contributed by atoms with E-state index in [1.165, 1.54) is 11.3 Å². The highest BCUT2D eigenvalue weighted by Crippen LogP contribution is 2.40. The third-order valence-electron chi connectivity index (χ3n) is 4.84. The van der Waals surface area contributed by atoms with Crippen molar-refractivity contribution in [3.8, 4) is 5.75 Å². The Labute approximate surface area is 125 Å². The lowest BCUT2D eigenvalue weighted by Gasteiger charge is -2.24. The van der Waals surface area contributed by atoms with E-state index in [1.807, 2.05) is 12.1 Å². The number of fused-ring (bicyclic) bond motifs is 1. The number of phenols is 1. The second kappa shape index (κ2) is 5.08. The monoisotopic (exact) mass is 280 g/mol. The maximum Gasteiger partial charge on any atom is 0.119 e. The summed E-state index contributed by atoms with van der Waals surface area (Å²) in [6, 6.07) is 16.8. The molecule has 21 heavy (non-hydrogen) atoms.